The normalized spacial score (nSPS) is 25.5. The van der Waals surface area contributed by atoms with Gasteiger partial charge in [0.1, 0.15) is 5.82 Å². The number of nitrogens with zero attached hydrogens (tertiary/aromatic N) is 2. The molecule has 0 bridgehead atoms. The summed E-state index contributed by atoms with van der Waals surface area (Å²) in [6.07, 6.45) is -1.81. The SMILES string of the molecule is CC(F)(c1ccc2c(c1)CC[C@H]1N(C(=O)CC3CN(S(C)(=O)=O)C3)CC[C@@]21Cc1ccc(F)cc1)C(F)(F)F. The number of amides is 1. The minimum absolute atomic E-state index is 0.0673. The van der Waals surface area contributed by atoms with Crippen molar-refractivity contribution < 1.29 is 35.2 Å². The van der Waals surface area contributed by atoms with Gasteiger partial charge < -0.3 is 4.90 Å². The number of carbonyl (C=O) groups is 1. The van der Waals surface area contributed by atoms with Crippen LogP contribution in [0, 0.1) is 11.7 Å². The van der Waals surface area contributed by atoms with Crippen molar-refractivity contribution >= 4 is 15.9 Å². The Bertz CT molecular complexity index is 1370. The number of hydrogen-bond acceptors (Lipinski definition) is 3. The number of likely N-dealkylation sites (tertiary alicyclic amines) is 1. The van der Waals surface area contributed by atoms with Gasteiger partial charge in [-0.25, -0.2) is 21.5 Å². The molecular formula is C28H31F5N2O3S. The van der Waals surface area contributed by atoms with Crippen LogP contribution in [-0.4, -0.2) is 61.6 Å². The van der Waals surface area contributed by atoms with Crippen LogP contribution in [0.3, 0.4) is 0 Å². The first-order valence-corrected chi connectivity index (χ1v) is 14.9. The van der Waals surface area contributed by atoms with E-state index in [-0.39, 0.29) is 30.1 Å². The number of fused-ring (bicyclic) bond motifs is 3. The molecule has 1 amide bonds. The Morgan fingerprint density at radius 1 is 1.08 bits per heavy atom. The number of alkyl halides is 4. The maximum absolute atomic E-state index is 14.8. The number of benzene rings is 2. The smallest absolute Gasteiger partial charge is 0.339 e. The number of halogens is 5. The van der Waals surface area contributed by atoms with E-state index in [1.165, 1.54) is 28.6 Å². The van der Waals surface area contributed by atoms with Gasteiger partial charge in [-0.3, -0.25) is 4.79 Å². The van der Waals surface area contributed by atoms with Crippen LogP contribution >= 0.6 is 0 Å². The van der Waals surface area contributed by atoms with E-state index in [2.05, 4.69) is 0 Å². The van der Waals surface area contributed by atoms with Gasteiger partial charge in [-0.2, -0.15) is 13.2 Å². The molecule has 0 radical (unpaired) electrons. The van der Waals surface area contributed by atoms with E-state index in [1.807, 2.05) is 4.90 Å². The Kier molecular flexibility index (Phi) is 6.85. The zero-order chi connectivity index (χ0) is 28.4. The monoisotopic (exact) mass is 570 g/mol. The second-order valence-electron chi connectivity index (χ2n) is 11.4. The van der Waals surface area contributed by atoms with E-state index < -0.39 is 32.8 Å². The standard InChI is InChI=1S/C28H31F5N2O3S/c1-26(30,28(31,32)33)21-6-9-23-20(14-21)5-10-24-27(23,15-18-3-7-22(29)8-4-18)11-12-35(24)25(36)13-19-16-34(17-19)39(2,37)38/h3-4,6-9,14,19,24H,5,10-13,15-17H2,1-2H3/t24-,26?,27-/m1/s1. The van der Waals surface area contributed by atoms with Crippen molar-refractivity contribution in [1.29, 1.82) is 0 Å². The van der Waals surface area contributed by atoms with E-state index >= 15 is 0 Å². The molecular weight excluding hydrogens is 539 g/mol. The number of rotatable bonds is 6. The zero-order valence-electron chi connectivity index (χ0n) is 21.8. The van der Waals surface area contributed by atoms with Gasteiger partial charge in [-0.05, 0) is 72.9 Å². The Morgan fingerprint density at radius 2 is 1.74 bits per heavy atom. The maximum Gasteiger partial charge on any atom is 0.426 e. The fourth-order valence-corrected chi connectivity index (χ4v) is 7.54. The number of hydrogen-bond donors (Lipinski definition) is 0. The molecule has 3 atom stereocenters. The van der Waals surface area contributed by atoms with Gasteiger partial charge in [-0.1, -0.05) is 30.3 Å². The van der Waals surface area contributed by atoms with Crippen molar-refractivity contribution in [3.8, 4) is 0 Å². The molecule has 5 rings (SSSR count). The Balaban J connectivity index is 1.46. The first-order chi connectivity index (χ1) is 18.1. The van der Waals surface area contributed by atoms with E-state index in [0.717, 1.165) is 17.4 Å². The van der Waals surface area contributed by atoms with Crippen LogP contribution in [0.15, 0.2) is 42.5 Å². The van der Waals surface area contributed by atoms with Gasteiger partial charge in [0.15, 0.2) is 0 Å². The minimum Gasteiger partial charge on any atom is -0.339 e. The lowest BCUT2D eigenvalue weighted by Crippen LogP contribution is -2.53. The van der Waals surface area contributed by atoms with Gasteiger partial charge in [0, 0.05) is 37.5 Å². The fraction of sp³-hybridized carbons (Fsp3) is 0.536. The summed E-state index contributed by atoms with van der Waals surface area (Å²) in [7, 11) is -3.29. The summed E-state index contributed by atoms with van der Waals surface area (Å²) in [5.74, 6) is -0.530. The molecule has 1 aliphatic carbocycles. The number of sulfonamides is 1. The van der Waals surface area contributed by atoms with Gasteiger partial charge in [-0.15, -0.1) is 0 Å². The first-order valence-electron chi connectivity index (χ1n) is 13.0. The highest BCUT2D eigenvalue weighted by Gasteiger charge is 2.56. The molecule has 2 heterocycles. The van der Waals surface area contributed by atoms with Gasteiger partial charge in [0.2, 0.25) is 21.6 Å². The topological polar surface area (TPSA) is 57.7 Å². The quantitative estimate of drug-likeness (QED) is 0.466. The van der Waals surface area contributed by atoms with E-state index in [0.29, 0.717) is 57.8 Å². The fourth-order valence-electron chi connectivity index (χ4n) is 6.57. The molecule has 2 aromatic rings. The molecule has 2 aliphatic heterocycles. The summed E-state index contributed by atoms with van der Waals surface area (Å²) >= 11 is 0. The summed E-state index contributed by atoms with van der Waals surface area (Å²) in [5, 5.41) is 0. The second-order valence-corrected chi connectivity index (χ2v) is 13.4. The van der Waals surface area contributed by atoms with Crippen LogP contribution in [0.2, 0.25) is 0 Å². The van der Waals surface area contributed by atoms with Crippen molar-refractivity contribution in [2.75, 3.05) is 25.9 Å². The number of aryl methyl sites for hydroxylation is 1. The first kappa shape index (κ1) is 28.0. The van der Waals surface area contributed by atoms with E-state index in [1.54, 1.807) is 18.2 Å². The molecule has 0 N–H and O–H groups in total. The predicted molar refractivity (Wildman–Crippen MR) is 136 cm³/mol. The molecule has 0 spiro atoms. The molecule has 2 saturated heterocycles. The molecule has 39 heavy (non-hydrogen) atoms. The largest absolute Gasteiger partial charge is 0.426 e. The highest BCUT2D eigenvalue weighted by Crippen LogP contribution is 2.51. The molecule has 1 unspecified atom stereocenters. The lowest BCUT2D eigenvalue weighted by atomic mass is 9.63. The minimum atomic E-state index is -5.06. The highest BCUT2D eigenvalue weighted by atomic mass is 32.2. The van der Waals surface area contributed by atoms with Crippen LogP contribution in [0.25, 0.3) is 0 Å². The van der Waals surface area contributed by atoms with Crippen LogP contribution in [0.5, 0.6) is 0 Å². The van der Waals surface area contributed by atoms with Crippen LogP contribution in [0.1, 0.15) is 48.4 Å². The highest BCUT2D eigenvalue weighted by molar-refractivity contribution is 7.88. The van der Waals surface area contributed by atoms with E-state index in [9.17, 15) is 35.2 Å². The van der Waals surface area contributed by atoms with Crippen molar-refractivity contribution in [2.45, 2.75) is 62.3 Å². The number of carbonyl (C=O) groups excluding carboxylic acids is 1. The maximum atomic E-state index is 14.8. The van der Waals surface area contributed by atoms with E-state index in [4.69, 9.17) is 0 Å². The Morgan fingerprint density at radius 3 is 2.36 bits per heavy atom. The van der Waals surface area contributed by atoms with Crippen molar-refractivity contribution in [1.82, 2.24) is 9.21 Å². The molecule has 2 fully saturated rings. The summed E-state index contributed by atoms with van der Waals surface area (Å²) in [6, 6.07) is 9.90. The summed E-state index contributed by atoms with van der Waals surface area (Å²) in [6.45, 7) is 1.57. The van der Waals surface area contributed by atoms with Crippen LogP contribution in [-0.2, 0) is 38.7 Å². The third-order valence-electron chi connectivity index (χ3n) is 8.83. The summed E-state index contributed by atoms with van der Waals surface area (Å²) in [4.78, 5) is 15.3. The Hall–Kier alpha value is -2.53. The Labute approximate surface area is 225 Å². The molecule has 0 saturated carbocycles. The van der Waals surface area contributed by atoms with Gasteiger partial charge in [0.25, 0.3) is 0 Å². The summed E-state index contributed by atoms with van der Waals surface area (Å²) < 4.78 is 93.5. The summed E-state index contributed by atoms with van der Waals surface area (Å²) in [5.41, 5.74) is -2.30. The van der Waals surface area contributed by atoms with Gasteiger partial charge >= 0.3 is 6.18 Å². The lowest BCUT2D eigenvalue weighted by Gasteiger charge is -2.44. The second kappa shape index (κ2) is 9.54. The lowest BCUT2D eigenvalue weighted by molar-refractivity contribution is -0.228. The van der Waals surface area contributed by atoms with Crippen LogP contribution < -0.4 is 0 Å². The predicted octanol–water partition coefficient (Wildman–Crippen LogP) is 4.88. The third kappa shape index (κ3) is 4.96. The third-order valence-corrected chi connectivity index (χ3v) is 10.1. The zero-order valence-corrected chi connectivity index (χ0v) is 22.6. The molecule has 2 aromatic carbocycles. The van der Waals surface area contributed by atoms with Gasteiger partial charge in [0.05, 0.1) is 6.26 Å². The molecule has 212 valence electrons. The molecule has 11 heteroatoms. The average molecular weight is 571 g/mol. The van der Waals surface area contributed by atoms with Crippen molar-refractivity contribution in [3.05, 3.63) is 70.5 Å². The average Bonchev–Trinajstić information content (AvgIpc) is 3.20. The van der Waals surface area contributed by atoms with Crippen LogP contribution in [0.4, 0.5) is 22.0 Å². The molecule has 5 nitrogen and oxygen atoms in total. The molecule has 3 aliphatic rings. The molecule has 0 aromatic heterocycles. The van der Waals surface area contributed by atoms with Crippen molar-refractivity contribution in [2.24, 2.45) is 5.92 Å². The van der Waals surface area contributed by atoms with Crippen molar-refractivity contribution in [3.63, 3.8) is 0 Å².